The molecule has 1 aromatic carbocycles. The van der Waals surface area contributed by atoms with E-state index in [2.05, 4.69) is 44.4 Å². The van der Waals surface area contributed by atoms with Crippen LogP contribution in [0.25, 0.3) is 11.0 Å². The Hall–Kier alpha value is -1.78. The monoisotopic (exact) mass is 466 g/mol. The molecule has 4 rings (SSSR count). The number of benzene rings is 1. The molecule has 0 saturated carbocycles. The summed E-state index contributed by atoms with van der Waals surface area (Å²) in [5, 5.41) is 2.57. The molecule has 160 valence electrons. The molecular weight excluding hydrogens is 441 g/mol. The Morgan fingerprint density at radius 3 is 2.84 bits per heavy atom. The summed E-state index contributed by atoms with van der Waals surface area (Å²) in [4.78, 5) is 15.6. The number of rotatable bonds is 9. The molecule has 0 spiro atoms. The average Bonchev–Trinajstić information content (AvgIpc) is 3.40. The van der Waals surface area contributed by atoms with Crippen LogP contribution in [0.1, 0.15) is 19.0 Å². The summed E-state index contributed by atoms with van der Waals surface area (Å²) in [6.45, 7) is 4.28. The molecule has 0 aliphatic heterocycles. The number of nitrogens with zero attached hydrogens (tertiary/aromatic N) is 3. The van der Waals surface area contributed by atoms with Gasteiger partial charge in [-0.15, -0.1) is 11.3 Å². The number of aromatic nitrogens is 3. The first-order valence-electron chi connectivity index (χ1n) is 9.71. The third-order valence-electron chi connectivity index (χ3n) is 4.85. The number of H-pyrrole nitrogens is 1. The van der Waals surface area contributed by atoms with Crippen molar-refractivity contribution in [3.63, 3.8) is 0 Å². The van der Waals surface area contributed by atoms with Gasteiger partial charge in [-0.25, -0.2) is 4.98 Å². The number of pyridine rings is 1. The molecule has 1 atom stereocenters. The van der Waals surface area contributed by atoms with Crippen molar-refractivity contribution in [1.29, 1.82) is 0 Å². The van der Waals surface area contributed by atoms with Gasteiger partial charge in [0.2, 0.25) is 0 Å². The number of imidazole rings is 1. The molecule has 31 heavy (non-hydrogen) atoms. The molecule has 0 amide bonds. The van der Waals surface area contributed by atoms with Gasteiger partial charge in [0, 0.05) is 29.7 Å². The van der Waals surface area contributed by atoms with Crippen LogP contribution in [0.4, 0.5) is 0 Å². The van der Waals surface area contributed by atoms with Crippen LogP contribution < -0.4 is 4.74 Å². The number of hydrogen-bond acceptors (Lipinski definition) is 6. The first-order valence-corrected chi connectivity index (χ1v) is 11.9. The summed E-state index contributed by atoms with van der Waals surface area (Å²) in [5.41, 5.74) is 3.38. The van der Waals surface area contributed by atoms with Gasteiger partial charge in [0.05, 0.1) is 33.3 Å². The van der Waals surface area contributed by atoms with E-state index >= 15 is 0 Å². The Bertz CT molecular complexity index is 1130. The fourth-order valence-electron chi connectivity index (χ4n) is 3.15. The standard InChI is InChI=1S/C22H24N4O2S2.Mg.2H/c1-16-20(15-30(27)22-24-18-7-3-4-8-19(18)25-22)23-10-9-21(16)28-12-11-26(2)14-17-6-5-13-29-17;;;/h3-10,13H,11-12,14-15H2,1-2H3,(H,24,25);;;/q;+2;2*-1. The van der Waals surface area contributed by atoms with Gasteiger partial charge in [-0.2, -0.15) is 0 Å². The minimum absolute atomic E-state index is 0. The number of likely N-dealkylation sites (N-methyl/N-ethyl adjacent to an activating group) is 1. The van der Waals surface area contributed by atoms with Crippen LogP contribution in [0.3, 0.4) is 0 Å². The minimum atomic E-state index is -1.31. The molecule has 0 radical (unpaired) electrons. The smallest absolute Gasteiger partial charge is 1.00 e. The van der Waals surface area contributed by atoms with Crippen molar-refractivity contribution in [3.8, 4) is 5.75 Å². The van der Waals surface area contributed by atoms with Gasteiger partial charge in [-0.05, 0) is 43.6 Å². The summed E-state index contributed by atoms with van der Waals surface area (Å²) in [5.74, 6) is 1.08. The number of aromatic amines is 1. The molecule has 9 heteroatoms. The zero-order valence-corrected chi connectivity index (χ0v) is 20.8. The third-order valence-corrected chi connectivity index (χ3v) is 6.87. The van der Waals surface area contributed by atoms with Crippen LogP contribution in [0, 0.1) is 6.92 Å². The van der Waals surface area contributed by atoms with E-state index in [-0.39, 0.29) is 25.9 Å². The van der Waals surface area contributed by atoms with Crippen LogP contribution in [0.15, 0.2) is 59.2 Å². The fourth-order valence-corrected chi connectivity index (χ4v) is 5.03. The van der Waals surface area contributed by atoms with Gasteiger partial charge in [-0.3, -0.25) is 14.1 Å². The maximum atomic E-state index is 12.8. The zero-order chi connectivity index (χ0) is 20.9. The summed E-state index contributed by atoms with van der Waals surface area (Å²) in [6.07, 6.45) is 1.71. The molecule has 4 aromatic rings. The molecule has 3 heterocycles. The average molecular weight is 467 g/mol. The quantitative estimate of drug-likeness (QED) is 0.378. The van der Waals surface area contributed by atoms with Gasteiger partial charge >= 0.3 is 23.1 Å². The second kappa shape index (κ2) is 11.2. The number of nitrogens with one attached hydrogen (secondary N) is 1. The zero-order valence-electron chi connectivity index (χ0n) is 19.7. The molecular formula is C22H26MgN4O2S2. The van der Waals surface area contributed by atoms with Crippen LogP contribution in [-0.2, 0) is 23.1 Å². The van der Waals surface area contributed by atoms with Gasteiger partial charge in [0.25, 0.3) is 0 Å². The number of hydrogen-bond donors (Lipinski definition) is 1. The van der Waals surface area contributed by atoms with Crippen molar-refractivity contribution >= 4 is 56.2 Å². The molecule has 6 nitrogen and oxygen atoms in total. The van der Waals surface area contributed by atoms with E-state index in [4.69, 9.17) is 4.74 Å². The van der Waals surface area contributed by atoms with E-state index in [0.29, 0.717) is 17.5 Å². The van der Waals surface area contributed by atoms with Crippen molar-refractivity contribution in [3.05, 3.63) is 70.2 Å². The molecule has 0 aliphatic carbocycles. The predicted octanol–water partition coefficient (Wildman–Crippen LogP) is 3.99. The number of ether oxygens (including phenoxy) is 1. The Kier molecular flexibility index (Phi) is 8.62. The van der Waals surface area contributed by atoms with E-state index in [1.165, 1.54) is 4.88 Å². The van der Waals surface area contributed by atoms with Crippen molar-refractivity contribution in [1.82, 2.24) is 19.9 Å². The minimum Gasteiger partial charge on any atom is -1.00 e. The van der Waals surface area contributed by atoms with E-state index < -0.39 is 10.8 Å². The van der Waals surface area contributed by atoms with Crippen molar-refractivity contribution in [2.75, 3.05) is 20.2 Å². The van der Waals surface area contributed by atoms with Crippen LogP contribution in [0.5, 0.6) is 5.75 Å². The fraction of sp³-hybridized carbons (Fsp3) is 0.273. The Morgan fingerprint density at radius 2 is 2.06 bits per heavy atom. The van der Waals surface area contributed by atoms with Gasteiger partial charge < -0.3 is 12.6 Å². The number of para-hydroxylation sites is 2. The van der Waals surface area contributed by atoms with Crippen LogP contribution in [0.2, 0.25) is 0 Å². The number of fused-ring (bicyclic) bond motifs is 1. The van der Waals surface area contributed by atoms with E-state index in [1.54, 1.807) is 17.5 Å². The maximum absolute atomic E-state index is 12.8. The Balaban J connectivity index is 0.00000181. The third kappa shape index (κ3) is 6.14. The van der Waals surface area contributed by atoms with Gasteiger partial charge in [0.1, 0.15) is 12.4 Å². The maximum Gasteiger partial charge on any atom is 2.00 e. The van der Waals surface area contributed by atoms with Crippen molar-refractivity contribution in [2.45, 2.75) is 24.4 Å². The Morgan fingerprint density at radius 1 is 1.23 bits per heavy atom. The van der Waals surface area contributed by atoms with E-state index in [9.17, 15) is 4.21 Å². The normalized spacial score (nSPS) is 12.1. The van der Waals surface area contributed by atoms with Crippen molar-refractivity contribution < 1.29 is 11.8 Å². The molecule has 0 saturated heterocycles. The topological polar surface area (TPSA) is 71.1 Å². The SMILES string of the molecule is Cc1c(OCCN(C)Cc2cccs2)ccnc1CS(=O)c1nc2ccccc2[nH]1.[H-].[H-].[Mg+2]. The van der Waals surface area contributed by atoms with Crippen LogP contribution in [-0.4, -0.2) is 67.3 Å². The van der Waals surface area contributed by atoms with E-state index in [0.717, 1.165) is 41.1 Å². The Labute approximate surface area is 207 Å². The molecule has 0 bridgehead atoms. The second-order valence-corrected chi connectivity index (χ2v) is 9.49. The van der Waals surface area contributed by atoms with Gasteiger partial charge in [0.15, 0.2) is 5.16 Å². The second-order valence-electron chi connectivity index (χ2n) is 7.10. The molecule has 1 N–H and O–H groups in total. The first kappa shape index (κ1) is 23.9. The largest absolute Gasteiger partial charge is 2.00 e. The summed E-state index contributed by atoms with van der Waals surface area (Å²) in [6, 6.07) is 13.8. The molecule has 3 aromatic heterocycles. The molecule has 1 unspecified atom stereocenters. The summed E-state index contributed by atoms with van der Waals surface area (Å²) < 4.78 is 18.8. The van der Waals surface area contributed by atoms with E-state index in [1.807, 2.05) is 37.3 Å². The van der Waals surface area contributed by atoms with Gasteiger partial charge in [-0.1, -0.05) is 18.2 Å². The summed E-state index contributed by atoms with van der Waals surface area (Å²) in [7, 11) is 0.779. The first-order chi connectivity index (χ1) is 14.6. The summed E-state index contributed by atoms with van der Waals surface area (Å²) >= 11 is 1.76. The molecule has 0 fully saturated rings. The van der Waals surface area contributed by atoms with Crippen LogP contribution >= 0.6 is 11.3 Å². The number of thiophene rings is 1. The predicted molar refractivity (Wildman–Crippen MR) is 129 cm³/mol. The molecule has 0 aliphatic rings. The van der Waals surface area contributed by atoms with Crippen molar-refractivity contribution in [2.24, 2.45) is 0 Å².